The van der Waals surface area contributed by atoms with Crippen molar-refractivity contribution in [2.24, 2.45) is 5.73 Å². The second kappa shape index (κ2) is 7.38. The van der Waals surface area contributed by atoms with Crippen molar-refractivity contribution in [3.8, 4) is 0 Å². The number of thioether (sulfide) groups is 1. The van der Waals surface area contributed by atoms with Crippen molar-refractivity contribution in [3.05, 3.63) is 72.3 Å². The number of anilines is 2. The summed E-state index contributed by atoms with van der Waals surface area (Å²) in [6.07, 6.45) is 3.70. The number of likely N-dealkylation sites (N-methyl/N-ethyl adjacent to an activating group) is 1. The molecule has 6 heteroatoms. The Hall–Kier alpha value is -2.28. The summed E-state index contributed by atoms with van der Waals surface area (Å²) >= 11 is 1.69. The fourth-order valence-electron chi connectivity index (χ4n) is 3.61. The Bertz CT molecular complexity index is 891. The van der Waals surface area contributed by atoms with E-state index in [0.717, 1.165) is 11.5 Å². The number of hydrogen-bond acceptors (Lipinski definition) is 5. The average molecular weight is 380 g/mol. The van der Waals surface area contributed by atoms with E-state index in [0.29, 0.717) is 6.04 Å². The van der Waals surface area contributed by atoms with Crippen molar-refractivity contribution >= 4 is 23.1 Å². The topological polar surface area (TPSA) is 61.2 Å². The molecule has 0 aliphatic carbocycles. The van der Waals surface area contributed by atoms with E-state index < -0.39 is 0 Å². The van der Waals surface area contributed by atoms with Crippen LogP contribution in [0.1, 0.15) is 24.2 Å². The quantitative estimate of drug-likeness (QED) is 0.702. The monoisotopic (exact) mass is 379 g/mol. The molecule has 3 unspecified atom stereocenters. The molecular weight excluding hydrogens is 354 g/mol. The van der Waals surface area contributed by atoms with Gasteiger partial charge in [0.2, 0.25) is 0 Å². The van der Waals surface area contributed by atoms with Gasteiger partial charge in [0.25, 0.3) is 0 Å². The Morgan fingerprint density at radius 2 is 1.89 bits per heavy atom. The van der Waals surface area contributed by atoms with Gasteiger partial charge in [-0.15, -0.1) is 0 Å². The zero-order chi connectivity index (χ0) is 19.0. The normalized spacial score (nSPS) is 18.6. The number of imidazole rings is 1. The molecule has 2 aromatic carbocycles. The number of nitrogens with zero attached hydrogens (tertiary/aromatic N) is 3. The Balaban J connectivity index is 1.67. The molecule has 2 heterocycles. The predicted molar refractivity (Wildman–Crippen MR) is 112 cm³/mol. The molecule has 4 rings (SSSR count). The highest BCUT2D eigenvalue weighted by molar-refractivity contribution is 8.00. The Morgan fingerprint density at radius 1 is 1.15 bits per heavy atom. The molecule has 0 saturated heterocycles. The van der Waals surface area contributed by atoms with Gasteiger partial charge in [0.15, 0.2) is 0 Å². The number of fused-ring (bicyclic) bond motifs is 1. The zero-order valence-electron chi connectivity index (χ0n) is 15.8. The molecule has 3 atom stereocenters. The van der Waals surface area contributed by atoms with Crippen molar-refractivity contribution in [1.82, 2.24) is 14.9 Å². The molecular formula is C21H25N5S. The molecule has 0 radical (unpaired) electrons. The Labute approximate surface area is 164 Å². The molecule has 0 amide bonds. The standard InChI is InChI=1S/C21H25N5S/c1-14(25(2)3)19(20-23-12-13-24-20)15-8-10-16(11-9-15)26-17-6-4-5-7-18(17)27-21(26)22/h4-14,19,21H,22H2,1-3H3,(H,23,24). The highest BCUT2D eigenvalue weighted by Gasteiger charge is 2.29. The molecule has 3 aromatic rings. The lowest BCUT2D eigenvalue weighted by molar-refractivity contribution is 0.285. The van der Waals surface area contributed by atoms with Crippen LogP contribution in [0.4, 0.5) is 11.4 Å². The number of nitrogens with one attached hydrogen (secondary N) is 1. The largest absolute Gasteiger partial charge is 0.348 e. The molecule has 0 spiro atoms. The van der Waals surface area contributed by atoms with Crippen LogP contribution >= 0.6 is 11.8 Å². The van der Waals surface area contributed by atoms with Gasteiger partial charge in [-0.05, 0) is 50.8 Å². The van der Waals surface area contributed by atoms with E-state index >= 15 is 0 Å². The highest BCUT2D eigenvalue weighted by atomic mass is 32.2. The van der Waals surface area contributed by atoms with Gasteiger partial charge in [-0.1, -0.05) is 36.0 Å². The molecule has 0 fully saturated rings. The molecule has 1 aromatic heterocycles. The molecule has 140 valence electrons. The minimum absolute atomic E-state index is 0.102. The van der Waals surface area contributed by atoms with Gasteiger partial charge in [-0.2, -0.15) is 0 Å². The summed E-state index contributed by atoms with van der Waals surface area (Å²) in [6.45, 7) is 2.23. The number of aromatic amines is 1. The van der Waals surface area contributed by atoms with Crippen molar-refractivity contribution in [3.63, 3.8) is 0 Å². The first kappa shape index (κ1) is 18.1. The van der Waals surface area contributed by atoms with Gasteiger partial charge in [0, 0.05) is 29.0 Å². The number of para-hydroxylation sites is 1. The summed E-state index contributed by atoms with van der Waals surface area (Å²) in [4.78, 5) is 13.5. The van der Waals surface area contributed by atoms with E-state index in [-0.39, 0.29) is 11.4 Å². The summed E-state index contributed by atoms with van der Waals surface area (Å²) in [6, 6.07) is 17.4. The van der Waals surface area contributed by atoms with Gasteiger partial charge in [-0.3, -0.25) is 0 Å². The first-order valence-electron chi connectivity index (χ1n) is 9.12. The molecule has 0 saturated carbocycles. The molecule has 1 aliphatic rings. The second-order valence-corrected chi connectivity index (χ2v) is 8.25. The van der Waals surface area contributed by atoms with Crippen LogP contribution in [0.2, 0.25) is 0 Å². The van der Waals surface area contributed by atoms with E-state index in [2.05, 4.69) is 89.3 Å². The lowest BCUT2D eigenvalue weighted by Gasteiger charge is -2.29. The molecule has 0 bridgehead atoms. The Morgan fingerprint density at radius 3 is 2.56 bits per heavy atom. The predicted octanol–water partition coefficient (Wildman–Crippen LogP) is 3.98. The molecule has 5 nitrogen and oxygen atoms in total. The van der Waals surface area contributed by atoms with Gasteiger partial charge in [-0.25, -0.2) is 4.98 Å². The van der Waals surface area contributed by atoms with E-state index in [4.69, 9.17) is 5.73 Å². The highest BCUT2D eigenvalue weighted by Crippen LogP contribution is 2.45. The smallest absolute Gasteiger partial charge is 0.134 e. The van der Waals surface area contributed by atoms with Crippen LogP contribution in [-0.4, -0.2) is 40.5 Å². The number of aromatic nitrogens is 2. The van der Waals surface area contributed by atoms with Crippen molar-refractivity contribution in [2.75, 3.05) is 19.0 Å². The fraction of sp³-hybridized carbons (Fsp3) is 0.286. The summed E-state index contributed by atoms with van der Waals surface area (Å²) in [5, 5.41) is 0. The van der Waals surface area contributed by atoms with Crippen molar-refractivity contribution in [2.45, 2.75) is 29.3 Å². The molecule has 3 N–H and O–H groups in total. The summed E-state index contributed by atoms with van der Waals surface area (Å²) in [7, 11) is 4.21. The minimum atomic E-state index is -0.102. The SMILES string of the molecule is CC(C(c1ccc(N2c3ccccc3SC2N)cc1)c1ncc[nH]1)N(C)C. The molecule has 27 heavy (non-hydrogen) atoms. The zero-order valence-corrected chi connectivity index (χ0v) is 16.6. The van der Waals surface area contributed by atoms with Crippen LogP contribution in [0.25, 0.3) is 0 Å². The molecule has 1 aliphatic heterocycles. The number of benzene rings is 2. The lowest BCUT2D eigenvalue weighted by Crippen LogP contribution is -2.33. The third-order valence-corrected chi connectivity index (χ3v) is 6.32. The van der Waals surface area contributed by atoms with Crippen LogP contribution in [0.15, 0.2) is 65.8 Å². The second-order valence-electron chi connectivity index (χ2n) is 7.09. The van der Waals surface area contributed by atoms with Gasteiger partial charge in [0.05, 0.1) is 11.6 Å². The van der Waals surface area contributed by atoms with Gasteiger partial charge < -0.3 is 20.5 Å². The third-order valence-electron chi connectivity index (χ3n) is 5.27. The number of H-pyrrole nitrogens is 1. The minimum Gasteiger partial charge on any atom is -0.348 e. The first-order chi connectivity index (χ1) is 13.1. The fourth-order valence-corrected chi connectivity index (χ4v) is 4.66. The van der Waals surface area contributed by atoms with E-state index in [1.165, 1.54) is 16.1 Å². The van der Waals surface area contributed by atoms with E-state index in [1.807, 2.05) is 12.4 Å². The maximum Gasteiger partial charge on any atom is 0.134 e. The van der Waals surface area contributed by atoms with Crippen LogP contribution in [0.3, 0.4) is 0 Å². The van der Waals surface area contributed by atoms with Crippen LogP contribution in [0.5, 0.6) is 0 Å². The van der Waals surface area contributed by atoms with Crippen molar-refractivity contribution in [1.29, 1.82) is 0 Å². The summed E-state index contributed by atoms with van der Waals surface area (Å²) in [5.74, 6) is 1.17. The van der Waals surface area contributed by atoms with E-state index in [1.54, 1.807) is 11.8 Å². The van der Waals surface area contributed by atoms with Crippen LogP contribution < -0.4 is 10.6 Å². The Kier molecular flexibility index (Phi) is 4.95. The van der Waals surface area contributed by atoms with Crippen molar-refractivity contribution < 1.29 is 0 Å². The number of hydrogen-bond donors (Lipinski definition) is 2. The van der Waals surface area contributed by atoms with E-state index in [9.17, 15) is 0 Å². The van der Waals surface area contributed by atoms with Crippen LogP contribution in [0, 0.1) is 0 Å². The maximum absolute atomic E-state index is 6.39. The third kappa shape index (κ3) is 3.36. The first-order valence-corrected chi connectivity index (χ1v) is 10.0. The van der Waals surface area contributed by atoms with Gasteiger partial charge >= 0.3 is 0 Å². The average Bonchev–Trinajstić information content (AvgIpc) is 3.29. The summed E-state index contributed by atoms with van der Waals surface area (Å²) in [5.41, 5.74) is 9.81. The maximum atomic E-state index is 6.39. The van der Waals surface area contributed by atoms with Gasteiger partial charge in [0.1, 0.15) is 11.3 Å². The van der Waals surface area contributed by atoms with Crippen LogP contribution in [-0.2, 0) is 0 Å². The lowest BCUT2D eigenvalue weighted by atomic mass is 9.90. The summed E-state index contributed by atoms with van der Waals surface area (Å²) < 4.78 is 0. The number of nitrogens with two attached hydrogens (primary N) is 1. The number of rotatable bonds is 5.